The van der Waals surface area contributed by atoms with Crippen molar-refractivity contribution < 1.29 is 17.9 Å². The van der Waals surface area contributed by atoms with Crippen LogP contribution in [0.2, 0.25) is 0 Å². The lowest BCUT2D eigenvalue weighted by atomic mass is 10.2. The predicted molar refractivity (Wildman–Crippen MR) is 104 cm³/mol. The molecular weight excluding hydrogens is 364 g/mol. The van der Waals surface area contributed by atoms with Gasteiger partial charge >= 0.3 is 0 Å². The maximum Gasteiger partial charge on any atom is 0.264 e. The maximum absolute atomic E-state index is 13.1. The summed E-state index contributed by atoms with van der Waals surface area (Å²) in [5, 5.41) is 2.79. The van der Waals surface area contributed by atoms with Crippen molar-refractivity contribution in [1.29, 1.82) is 0 Å². The fraction of sp³-hybridized carbons (Fsp3) is 0.350. The largest absolute Gasteiger partial charge is 0.376 e. The van der Waals surface area contributed by atoms with Crippen LogP contribution in [-0.2, 0) is 19.6 Å². The Morgan fingerprint density at radius 3 is 2.48 bits per heavy atom. The molecule has 0 radical (unpaired) electrons. The third-order valence-corrected chi connectivity index (χ3v) is 6.28. The number of carbonyl (C=O) groups is 1. The van der Waals surface area contributed by atoms with Crippen molar-refractivity contribution in [3.05, 3.63) is 60.2 Å². The highest BCUT2D eigenvalue weighted by atomic mass is 32.2. The number of anilines is 1. The first-order valence-electron chi connectivity index (χ1n) is 8.99. The van der Waals surface area contributed by atoms with E-state index < -0.39 is 10.0 Å². The number of aryl methyl sites for hydroxylation is 1. The Labute approximate surface area is 160 Å². The minimum Gasteiger partial charge on any atom is -0.376 e. The van der Waals surface area contributed by atoms with E-state index in [0.717, 1.165) is 22.7 Å². The van der Waals surface area contributed by atoms with Crippen LogP contribution in [0.4, 0.5) is 5.69 Å². The molecular formula is C20H24N2O4S. The Morgan fingerprint density at radius 1 is 1.15 bits per heavy atom. The van der Waals surface area contributed by atoms with Crippen molar-refractivity contribution in [2.24, 2.45) is 0 Å². The number of benzene rings is 2. The van der Waals surface area contributed by atoms with Gasteiger partial charge in [0.2, 0.25) is 5.91 Å². The van der Waals surface area contributed by atoms with Gasteiger partial charge in [0.15, 0.2) is 0 Å². The Bertz CT molecular complexity index is 861. The van der Waals surface area contributed by atoms with Gasteiger partial charge in [-0.05, 0) is 44.0 Å². The zero-order chi connectivity index (χ0) is 19.3. The fourth-order valence-electron chi connectivity index (χ4n) is 2.97. The van der Waals surface area contributed by atoms with Crippen molar-refractivity contribution in [3.63, 3.8) is 0 Å². The number of carbonyl (C=O) groups excluding carboxylic acids is 1. The first kappa shape index (κ1) is 19.4. The molecule has 27 heavy (non-hydrogen) atoms. The Hall–Kier alpha value is -2.38. The monoisotopic (exact) mass is 388 g/mol. The SMILES string of the molecule is Cc1ccc(N(CC(=O)NC[C@H]2CCCO2)S(=O)(=O)c2ccccc2)cc1. The summed E-state index contributed by atoms with van der Waals surface area (Å²) in [7, 11) is -3.86. The third kappa shape index (κ3) is 4.87. The average Bonchev–Trinajstić information content (AvgIpc) is 3.19. The summed E-state index contributed by atoms with van der Waals surface area (Å²) in [6, 6.07) is 15.2. The average molecular weight is 388 g/mol. The summed E-state index contributed by atoms with van der Waals surface area (Å²) in [5.74, 6) is -0.356. The lowest BCUT2D eigenvalue weighted by Crippen LogP contribution is -2.42. The van der Waals surface area contributed by atoms with Crippen molar-refractivity contribution in [1.82, 2.24) is 5.32 Å². The lowest BCUT2D eigenvalue weighted by molar-refractivity contribution is -0.120. The molecule has 0 bridgehead atoms. The molecule has 0 saturated carbocycles. The number of amides is 1. The van der Waals surface area contributed by atoms with Gasteiger partial charge in [0.25, 0.3) is 10.0 Å². The molecule has 0 aliphatic carbocycles. The van der Waals surface area contributed by atoms with E-state index in [1.165, 1.54) is 12.1 Å². The number of ether oxygens (including phenoxy) is 1. The minimum atomic E-state index is -3.86. The molecule has 1 atom stereocenters. The molecule has 1 amide bonds. The van der Waals surface area contributed by atoms with Crippen LogP contribution < -0.4 is 9.62 Å². The van der Waals surface area contributed by atoms with Gasteiger partial charge in [0.05, 0.1) is 16.7 Å². The van der Waals surface area contributed by atoms with Crippen LogP contribution in [0, 0.1) is 6.92 Å². The highest BCUT2D eigenvalue weighted by Gasteiger charge is 2.27. The van der Waals surface area contributed by atoms with Gasteiger partial charge in [-0.25, -0.2) is 8.42 Å². The molecule has 3 rings (SSSR count). The van der Waals surface area contributed by atoms with Crippen LogP contribution in [-0.4, -0.2) is 40.1 Å². The molecule has 2 aromatic carbocycles. The summed E-state index contributed by atoms with van der Waals surface area (Å²) < 4.78 is 32.9. The Balaban J connectivity index is 1.81. The number of hydrogen-bond acceptors (Lipinski definition) is 4. The zero-order valence-electron chi connectivity index (χ0n) is 15.3. The van der Waals surface area contributed by atoms with E-state index in [1.54, 1.807) is 30.3 Å². The molecule has 1 aliphatic heterocycles. The van der Waals surface area contributed by atoms with Crippen LogP contribution in [0.25, 0.3) is 0 Å². The van der Waals surface area contributed by atoms with Crippen molar-refractivity contribution in [3.8, 4) is 0 Å². The highest BCUT2D eigenvalue weighted by Crippen LogP contribution is 2.23. The normalized spacial score (nSPS) is 16.9. The highest BCUT2D eigenvalue weighted by molar-refractivity contribution is 7.92. The summed E-state index contributed by atoms with van der Waals surface area (Å²) in [6.07, 6.45) is 1.90. The van der Waals surface area contributed by atoms with Gasteiger partial charge < -0.3 is 10.1 Å². The standard InChI is InChI=1S/C20H24N2O4S/c1-16-9-11-17(12-10-16)22(27(24,25)19-7-3-2-4-8-19)15-20(23)21-14-18-6-5-13-26-18/h2-4,7-12,18H,5-6,13-15H2,1H3,(H,21,23)/t18-/m1/s1. The van der Waals surface area contributed by atoms with E-state index in [0.29, 0.717) is 18.8 Å². The molecule has 0 unspecified atom stereocenters. The Kier molecular flexibility index (Phi) is 6.13. The number of sulfonamides is 1. The molecule has 2 aromatic rings. The van der Waals surface area contributed by atoms with Crippen molar-refractivity contribution in [2.75, 3.05) is 24.0 Å². The van der Waals surface area contributed by atoms with Crippen LogP contribution in [0.5, 0.6) is 0 Å². The molecule has 6 nitrogen and oxygen atoms in total. The number of rotatable bonds is 7. The lowest BCUT2D eigenvalue weighted by Gasteiger charge is -2.24. The van der Waals surface area contributed by atoms with Crippen LogP contribution in [0.3, 0.4) is 0 Å². The van der Waals surface area contributed by atoms with Crippen LogP contribution in [0.15, 0.2) is 59.5 Å². The van der Waals surface area contributed by atoms with E-state index in [2.05, 4.69) is 5.32 Å². The van der Waals surface area contributed by atoms with E-state index >= 15 is 0 Å². The van der Waals surface area contributed by atoms with Crippen LogP contribution >= 0.6 is 0 Å². The molecule has 0 aromatic heterocycles. The summed E-state index contributed by atoms with van der Waals surface area (Å²) in [5.41, 5.74) is 1.47. The maximum atomic E-state index is 13.1. The fourth-order valence-corrected chi connectivity index (χ4v) is 4.41. The molecule has 1 saturated heterocycles. The van der Waals surface area contributed by atoms with Gasteiger partial charge in [0, 0.05) is 13.2 Å². The molecule has 1 fully saturated rings. The van der Waals surface area contributed by atoms with Gasteiger partial charge in [-0.1, -0.05) is 35.9 Å². The zero-order valence-corrected chi connectivity index (χ0v) is 16.1. The molecule has 1 aliphatic rings. The number of nitrogens with zero attached hydrogens (tertiary/aromatic N) is 1. The van der Waals surface area contributed by atoms with Crippen molar-refractivity contribution >= 4 is 21.6 Å². The second-order valence-corrected chi connectivity index (χ2v) is 8.46. The molecule has 7 heteroatoms. The quantitative estimate of drug-likeness (QED) is 0.791. The number of hydrogen-bond donors (Lipinski definition) is 1. The van der Waals surface area contributed by atoms with Crippen molar-refractivity contribution in [2.45, 2.75) is 30.8 Å². The molecule has 0 spiro atoms. The Morgan fingerprint density at radius 2 is 1.85 bits per heavy atom. The summed E-state index contributed by atoms with van der Waals surface area (Å²) in [4.78, 5) is 12.6. The topological polar surface area (TPSA) is 75.7 Å². The molecule has 1 N–H and O–H groups in total. The van der Waals surface area contributed by atoms with Gasteiger partial charge in [-0.15, -0.1) is 0 Å². The van der Waals surface area contributed by atoms with E-state index in [1.807, 2.05) is 19.1 Å². The van der Waals surface area contributed by atoms with Crippen LogP contribution in [0.1, 0.15) is 18.4 Å². The van der Waals surface area contributed by atoms with Gasteiger partial charge in [-0.2, -0.15) is 0 Å². The summed E-state index contributed by atoms with van der Waals surface area (Å²) >= 11 is 0. The van der Waals surface area contributed by atoms with E-state index in [4.69, 9.17) is 4.74 Å². The second-order valence-electron chi connectivity index (χ2n) is 6.60. The summed E-state index contributed by atoms with van der Waals surface area (Å²) in [6.45, 7) is 2.74. The number of nitrogens with one attached hydrogen (secondary N) is 1. The predicted octanol–water partition coefficient (Wildman–Crippen LogP) is 2.49. The van der Waals surface area contributed by atoms with E-state index in [9.17, 15) is 13.2 Å². The first-order chi connectivity index (χ1) is 13.0. The smallest absolute Gasteiger partial charge is 0.264 e. The third-order valence-electron chi connectivity index (χ3n) is 4.49. The molecule has 144 valence electrons. The van der Waals surface area contributed by atoms with Gasteiger partial charge in [0.1, 0.15) is 6.54 Å². The second kappa shape index (κ2) is 8.54. The van der Waals surface area contributed by atoms with Gasteiger partial charge in [-0.3, -0.25) is 9.10 Å². The molecule has 1 heterocycles. The van der Waals surface area contributed by atoms with E-state index in [-0.39, 0.29) is 23.5 Å². The minimum absolute atomic E-state index is 0.00695. The first-order valence-corrected chi connectivity index (χ1v) is 10.4.